The second-order valence-electron chi connectivity index (χ2n) is 8.70. The lowest BCUT2D eigenvalue weighted by atomic mass is 10.0. The fourth-order valence-electron chi connectivity index (χ4n) is 4.77. The van der Waals surface area contributed by atoms with Gasteiger partial charge in [-0.05, 0) is 53.9 Å². The zero-order valence-corrected chi connectivity index (χ0v) is 19.5. The average Bonchev–Trinajstić information content (AvgIpc) is 3.26. The van der Waals surface area contributed by atoms with Gasteiger partial charge in [0.05, 0.1) is 22.3 Å². The number of nitriles is 2. The standard InChI is InChI=1S/C31H19N5/c1-20-5-4-6-21(13-20)23-10-12-30-27(15-23)26-7-2-3-8-29(26)36(30)28-11-9-22(14-24(28)16-32)25-18-34-31(17-33)35-19-25/h2-15,18-19H,1H3. The van der Waals surface area contributed by atoms with Crippen molar-refractivity contribution in [1.82, 2.24) is 14.5 Å². The van der Waals surface area contributed by atoms with Crippen LogP contribution in [-0.4, -0.2) is 14.5 Å². The molecule has 168 valence electrons. The molecule has 0 aliphatic carbocycles. The number of aromatic nitrogens is 3. The molecule has 0 fully saturated rings. The maximum atomic E-state index is 10.1. The van der Waals surface area contributed by atoms with Gasteiger partial charge in [-0.1, -0.05) is 60.2 Å². The molecule has 0 bridgehead atoms. The molecule has 0 saturated carbocycles. The van der Waals surface area contributed by atoms with Crippen molar-refractivity contribution in [3.63, 3.8) is 0 Å². The number of para-hydroxylation sites is 1. The molecule has 36 heavy (non-hydrogen) atoms. The monoisotopic (exact) mass is 461 g/mol. The van der Waals surface area contributed by atoms with Crippen LogP contribution in [-0.2, 0) is 0 Å². The molecule has 6 aromatic rings. The number of benzene rings is 4. The first kappa shape index (κ1) is 21.3. The third kappa shape index (κ3) is 3.48. The molecule has 0 radical (unpaired) electrons. The highest BCUT2D eigenvalue weighted by Crippen LogP contribution is 2.36. The van der Waals surface area contributed by atoms with Gasteiger partial charge >= 0.3 is 0 Å². The first-order valence-electron chi connectivity index (χ1n) is 11.5. The van der Waals surface area contributed by atoms with Crippen molar-refractivity contribution in [3.8, 4) is 40.1 Å². The van der Waals surface area contributed by atoms with E-state index in [0.29, 0.717) is 5.56 Å². The van der Waals surface area contributed by atoms with Gasteiger partial charge in [-0.3, -0.25) is 0 Å². The molecule has 2 aromatic heterocycles. The Morgan fingerprint density at radius 3 is 2.14 bits per heavy atom. The first-order valence-corrected chi connectivity index (χ1v) is 11.5. The van der Waals surface area contributed by atoms with Crippen molar-refractivity contribution in [2.75, 3.05) is 0 Å². The summed E-state index contributed by atoms with van der Waals surface area (Å²) >= 11 is 0. The van der Waals surface area contributed by atoms with Gasteiger partial charge in [0.15, 0.2) is 0 Å². The second-order valence-corrected chi connectivity index (χ2v) is 8.70. The van der Waals surface area contributed by atoms with E-state index < -0.39 is 0 Å². The predicted octanol–water partition coefficient (Wildman–Crippen LogP) is 6.96. The van der Waals surface area contributed by atoms with Gasteiger partial charge in [0.25, 0.3) is 0 Å². The van der Waals surface area contributed by atoms with Crippen LogP contribution in [0.15, 0.2) is 97.3 Å². The van der Waals surface area contributed by atoms with Crippen LogP contribution in [0.1, 0.15) is 17.0 Å². The molecule has 0 unspecified atom stereocenters. The Labute approximate surface area is 208 Å². The molecule has 5 heteroatoms. The molecule has 0 aliphatic rings. The Morgan fingerprint density at radius 1 is 0.639 bits per heavy atom. The maximum absolute atomic E-state index is 10.1. The SMILES string of the molecule is Cc1cccc(-c2ccc3c(c2)c2ccccc2n3-c2ccc(-c3cnc(C#N)nc3)cc2C#N)c1. The number of fused-ring (bicyclic) bond motifs is 3. The fraction of sp³-hybridized carbons (Fsp3) is 0.0323. The summed E-state index contributed by atoms with van der Waals surface area (Å²) < 4.78 is 2.16. The van der Waals surface area contributed by atoms with Crippen LogP contribution in [0.25, 0.3) is 49.7 Å². The Hall–Kier alpha value is -5.26. The first-order chi connectivity index (χ1) is 17.7. The van der Waals surface area contributed by atoms with Gasteiger partial charge in [-0.25, -0.2) is 9.97 Å². The largest absolute Gasteiger partial charge is 0.308 e. The highest BCUT2D eigenvalue weighted by atomic mass is 15.0. The molecular formula is C31H19N5. The minimum absolute atomic E-state index is 0.117. The molecular weight excluding hydrogens is 442 g/mol. The molecule has 0 saturated heterocycles. The summed E-state index contributed by atoms with van der Waals surface area (Å²) in [5.41, 5.74) is 8.57. The van der Waals surface area contributed by atoms with E-state index in [0.717, 1.165) is 44.2 Å². The van der Waals surface area contributed by atoms with Crippen molar-refractivity contribution in [3.05, 3.63) is 114 Å². The smallest absolute Gasteiger partial charge is 0.232 e. The lowest BCUT2D eigenvalue weighted by molar-refractivity contribution is 1.11. The summed E-state index contributed by atoms with van der Waals surface area (Å²) in [6, 6.07) is 33.4. The number of hydrogen-bond donors (Lipinski definition) is 0. The molecule has 2 heterocycles. The summed E-state index contributed by atoms with van der Waals surface area (Å²) in [5, 5.41) is 21.3. The van der Waals surface area contributed by atoms with E-state index in [1.54, 1.807) is 12.4 Å². The van der Waals surface area contributed by atoms with Crippen molar-refractivity contribution >= 4 is 21.8 Å². The van der Waals surface area contributed by atoms with Gasteiger partial charge in [0.1, 0.15) is 12.1 Å². The Morgan fingerprint density at radius 2 is 1.36 bits per heavy atom. The third-order valence-corrected chi connectivity index (χ3v) is 6.47. The Bertz CT molecular complexity index is 1860. The van der Waals surface area contributed by atoms with Crippen LogP contribution >= 0.6 is 0 Å². The van der Waals surface area contributed by atoms with Crippen LogP contribution in [0.3, 0.4) is 0 Å². The molecule has 0 N–H and O–H groups in total. The van der Waals surface area contributed by atoms with E-state index in [2.05, 4.69) is 82.1 Å². The van der Waals surface area contributed by atoms with Crippen molar-refractivity contribution < 1.29 is 0 Å². The van der Waals surface area contributed by atoms with Crippen LogP contribution in [0.5, 0.6) is 0 Å². The van der Waals surface area contributed by atoms with Crippen LogP contribution in [0.2, 0.25) is 0 Å². The summed E-state index contributed by atoms with van der Waals surface area (Å²) in [4.78, 5) is 8.12. The normalized spacial score (nSPS) is 10.9. The fourth-order valence-corrected chi connectivity index (χ4v) is 4.77. The Balaban J connectivity index is 1.55. The lowest BCUT2D eigenvalue weighted by Crippen LogP contribution is -1.98. The van der Waals surface area contributed by atoms with Gasteiger partial charge in [-0.2, -0.15) is 10.5 Å². The topological polar surface area (TPSA) is 78.3 Å². The molecule has 0 spiro atoms. The quantitative estimate of drug-likeness (QED) is 0.285. The van der Waals surface area contributed by atoms with Crippen molar-refractivity contribution in [2.45, 2.75) is 6.92 Å². The lowest BCUT2D eigenvalue weighted by Gasteiger charge is -2.12. The summed E-state index contributed by atoms with van der Waals surface area (Å²) in [6.07, 6.45) is 3.21. The zero-order chi connectivity index (χ0) is 24.6. The van der Waals surface area contributed by atoms with Gasteiger partial charge < -0.3 is 4.57 Å². The van der Waals surface area contributed by atoms with Crippen LogP contribution in [0, 0.1) is 29.6 Å². The van der Waals surface area contributed by atoms with Gasteiger partial charge in [0.2, 0.25) is 5.82 Å². The van der Waals surface area contributed by atoms with E-state index in [1.807, 2.05) is 36.4 Å². The van der Waals surface area contributed by atoms with Crippen LogP contribution < -0.4 is 0 Å². The molecule has 0 amide bonds. The molecule has 5 nitrogen and oxygen atoms in total. The second kappa shape index (κ2) is 8.51. The molecule has 0 atom stereocenters. The molecule has 0 aliphatic heterocycles. The Kier molecular flexibility index (Phi) is 5.03. The van der Waals surface area contributed by atoms with Crippen LogP contribution in [0.4, 0.5) is 0 Å². The van der Waals surface area contributed by atoms with Gasteiger partial charge in [-0.15, -0.1) is 0 Å². The summed E-state index contributed by atoms with van der Waals surface area (Å²) in [6.45, 7) is 2.10. The summed E-state index contributed by atoms with van der Waals surface area (Å²) in [5.74, 6) is 0.117. The van der Waals surface area contributed by atoms with Gasteiger partial charge in [0, 0.05) is 28.7 Å². The number of rotatable bonds is 3. The number of hydrogen-bond acceptors (Lipinski definition) is 4. The molecule has 4 aromatic carbocycles. The predicted molar refractivity (Wildman–Crippen MR) is 141 cm³/mol. The number of nitrogens with zero attached hydrogens (tertiary/aromatic N) is 5. The van der Waals surface area contributed by atoms with E-state index in [4.69, 9.17) is 5.26 Å². The highest BCUT2D eigenvalue weighted by molar-refractivity contribution is 6.10. The minimum Gasteiger partial charge on any atom is -0.308 e. The molecule has 6 rings (SSSR count). The average molecular weight is 462 g/mol. The zero-order valence-electron chi connectivity index (χ0n) is 19.5. The van der Waals surface area contributed by atoms with E-state index in [1.165, 1.54) is 11.1 Å². The minimum atomic E-state index is 0.117. The van der Waals surface area contributed by atoms with Crippen molar-refractivity contribution in [2.24, 2.45) is 0 Å². The van der Waals surface area contributed by atoms with E-state index in [9.17, 15) is 5.26 Å². The van der Waals surface area contributed by atoms with Crippen molar-refractivity contribution in [1.29, 1.82) is 10.5 Å². The number of aryl methyl sites for hydroxylation is 1. The van der Waals surface area contributed by atoms with E-state index in [-0.39, 0.29) is 5.82 Å². The summed E-state index contributed by atoms with van der Waals surface area (Å²) in [7, 11) is 0. The highest BCUT2D eigenvalue weighted by Gasteiger charge is 2.16. The third-order valence-electron chi connectivity index (χ3n) is 6.47. The maximum Gasteiger partial charge on any atom is 0.232 e. The van der Waals surface area contributed by atoms with E-state index >= 15 is 0 Å².